The lowest BCUT2D eigenvalue weighted by Gasteiger charge is -2.32. The van der Waals surface area contributed by atoms with Gasteiger partial charge in [-0.15, -0.1) is 0 Å². The zero-order chi connectivity index (χ0) is 13.7. The highest BCUT2D eigenvalue weighted by atomic mass is 19.1. The van der Waals surface area contributed by atoms with Crippen LogP contribution in [0, 0.1) is 40.8 Å². The number of halogens is 1. The van der Waals surface area contributed by atoms with Gasteiger partial charge in [-0.3, -0.25) is 0 Å². The number of nitrogens with zero attached hydrogens (tertiary/aromatic N) is 1. The number of rotatable bonds is 2. The molecule has 2 bridgehead atoms. The number of fused-ring (bicyclic) bond motifs is 5. The first-order chi connectivity index (χ1) is 9.78. The van der Waals surface area contributed by atoms with Gasteiger partial charge in [0.25, 0.3) is 0 Å². The summed E-state index contributed by atoms with van der Waals surface area (Å²) in [6.07, 6.45) is 6.72. The van der Waals surface area contributed by atoms with Gasteiger partial charge in [0.2, 0.25) is 0 Å². The second-order valence-corrected chi connectivity index (χ2v) is 6.68. The fraction of sp³-hybridized carbons (Fsp3) is 0.588. The second-order valence-electron chi connectivity index (χ2n) is 6.68. The van der Waals surface area contributed by atoms with E-state index in [4.69, 9.17) is 5.26 Å². The van der Waals surface area contributed by atoms with Gasteiger partial charge in [-0.25, -0.2) is 4.39 Å². The predicted octanol–water partition coefficient (Wildman–Crippen LogP) is 3.93. The minimum absolute atomic E-state index is 0.165. The van der Waals surface area contributed by atoms with Crippen LogP contribution in [-0.4, -0.2) is 6.04 Å². The number of nitrogens with one attached hydrogen (secondary N) is 1. The molecule has 5 unspecified atom stereocenters. The molecule has 0 spiro atoms. The Bertz CT molecular complexity index is 577. The van der Waals surface area contributed by atoms with Gasteiger partial charge in [0.15, 0.2) is 0 Å². The number of benzene rings is 1. The third kappa shape index (κ3) is 1.67. The van der Waals surface area contributed by atoms with Crippen LogP contribution in [0.3, 0.4) is 0 Å². The quantitative estimate of drug-likeness (QED) is 0.883. The van der Waals surface area contributed by atoms with Crippen molar-refractivity contribution < 1.29 is 4.39 Å². The highest BCUT2D eigenvalue weighted by molar-refractivity contribution is 5.58. The lowest BCUT2D eigenvalue weighted by Crippen LogP contribution is -2.34. The van der Waals surface area contributed by atoms with Crippen molar-refractivity contribution in [3.63, 3.8) is 0 Å². The molecule has 0 aromatic heterocycles. The van der Waals surface area contributed by atoms with Crippen LogP contribution in [0.25, 0.3) is 0 Å². The van der Waals surface area contributed by atoms with Gasteiger partial charge in [-0.2, -0.15) is 5.26 Å². The lowest BCUT2D eigenvalue weighted by molar-refractivity contribution is 0.243. The van der Waals surface area contributed by atoms with Crippen molar-refractivity contribution in [2.75, 3.05) is 5.32 Å². The maximum atomic E-state index is 13.7. The summed E-state index contributed by atoms with van der Waals surface area (Å²) in [5.41, 5.74) is 0.845. The molecule has 5 atom stereocenters. The minimum Gasteiger partial charge on any atom is -0.381 e. The van der Waals surface area contributed by atoms with E-state index in [1.165, 1.54) is 38.2 Å². The molecule has 0 saturated heterocycles. The molecule has 4 rings (SSSR count). The Morgan fingerprint density at radius 2 is 2.00 bits per heavy atom. The highest BCUT2D eigenvalue weighted by Crippen LogP contribution is 2.59. The minimum atomic E-state index is -0.417. The van der Waals surface area contributed by atoms with Crippen LogP contribution in [0.4, 0.5) is 10.1 Å². The van der Waals surface area contributed by atoms with Gasteiger partial charge in [-0.1, -0.05) is 12.5 Å². The van der Waals surface area contributed by atoms with Gasteiger partial charge in [0.05, 0.1) is 5.69 Å². The van der Waals surface area contributed by atoms with E-state index in [9.17, 15) is 4.39 Å². The maximum Gasteiger partial charge on any atom is 0.143 e. The Hall–Kier alpha value is -1.56. The van der Waals surface area contributed by atoms with Crippen molar-refractivity contribution in [1.82, 2.24) is 0 Å². The number of hydrogen-bond acceptors (Lipinski definition) is 2. The summed E-state index contributed by atoms with van der Waals surface area (Å²) >= 11 is 0. The fourth-order valence-electron chi connectivity index (χ4n) is 5.19. The molecule has 104 valence electrons. The van der Waals surface area contributed by atoms with Crippen LogP contribution in [0.15, 0.2) is 18.2 Å². The highest BCUT2D eigenvalue weighted by Gasteiger charge is 2.53. The monoisotopic (exact) mass is 270 g/mol. The lowest BCUT2D eigenvalue weighted by atomic mass is 9.79. The van der Waals surface area contributed by atoms with Crippen LogP contribution in [0.1, 0.15) is 37.7 Å². The molecular formula is C17H19FN2. The summed E-state index contributed by atoms with van der Waals surface area (Å²) in [5, 5.41) is 12.6. The second kappa shape index (κ2) is 4.48. The smallest absolute Gasteiger partial charge is 0.143 e. The zero-order valence-electron chi connectivity index (χ0n) is 11.5. The van der Waals surface area contributed by atoms with Gasteiger partial charge < -0.3 is 5.32 Å². The largest absolute Gasteiger partial charge is 0.381 e. The molecule has 3 heteroatoms. The molecule has 2 nitrogen and oxygen atoms in total. The average Bonchev–Trinajstić information content (AvgIpc) is 3.11. The standard InChI is InChI=1S/C17H19FN2/c18-15-5-2-6-16(14(15)9-19)20-17-8-10-7-13(17)12-4-1-3-11(10)12/h2,5-6,10-13,17,20H,1,3-4,7-8H2. The van der Waals surface area contributed by atoms with E-state index in [0.29, 0.717) is 11.7 Å². The van der Waals surface area contributed by atoms with Gasteiger partial charge in [-0.05, 0) is 61.5 Å². The van der Waals surface area contributed by atoms with Crippen molar-refractivity contribution >= 4 is 5.69 Å². The molecule has 1 aromatic carbocycles. The van der Waals surface area contributed by atoms with Crippen LogP contribution in [0.5, 0.6) is 0 Å². The van der Waals surface area contributed by atoms with Crippen molar-refractivity contribution in [2.45, 2.75) is 38.1 Å². The topological polar surface area (TPSA) is 35.8 Å². The van der Waals surface area contributed by atoms with E-state index < -0.39 is 5.82 Å². The van der Waals surface area contributed by atoms with Crippen LogP contribution < -0.4 is 5.32 Å². The molecule has 0 radical (unpaired) electrons. The molecule has 3 fully saturated rings. The molecule has 0 heterocycles. The number of nitriles is 1. The van der Waals surface area contributed by atoms with E-state index in [1.54, 1.807) is 6.07 Å². The summed E-state index contributed by atoms with van der Waals surface area (Å²) in [4.78, 5) is 0. The summed E-state index contributed by atoms with van der Waals surface area (Å²) in [6, 6.07) is 7.31. The average molecular weight is 270 g/mol. The summed E-state index contributed by atoms with van der Waals surface area (Å²) < 4.78 is 13.7. The maximum absolute atomic E-state index is 13.7. The van der Waals surface area contributed by atoms with E-state index in [1.807, 2.05) is 12.1 Å². The molecule has 0 amide bonds. The van der Waals surface area contributed by atoms with Crippen molar-refractivity contribution in [3.05, 3.63) is 29.6 Å². The Labute approximate surface area is 119 Å². The Balaban J connectivity index is 1.57. The fourth-order valence-corrected chi connectivity index (χ4v) is 5.19. The molecule has 1 aromatic rings. The normalized spacial score (nSPS) is 37.7. The predicted molar refractivity (Wildman–Crippen MR) is 75.6 cm³/mol. The van der Waals surface area contributed by atoms with Gasteiger partial charge in [0.1, 0.15) is 17.4 Å². The zero-order valence-corrected chi connectivity index (χ0v) is 11.5. The summed E-state index contributed by atoms with van der Waals surface area (Å²) in [6.45, 7) is 0. The Kier molecular flexibility index (Phi) is 2.73. The molecule has 1 N–H and O–H groups in total. The first kappa shape index (κ1) is 12.2. The summed E-state index contributed by atoms with van der Waals surface area (Å²) in [7, 11) is 0. The SMILES string of the molecule is N#Cc1c(F)cccc1NC1CC2CC1C1CCCC21. The van der Waals surface area contributed by atoms with Crippen LogP contribution in [0.2, 0.25) is 0 Å². The van der Waals surface area contributed by atoms with Gasteiger partial charge >= 0.3 is 0 Å². The Morgan fingerprint density at radius 3 is 2.85 bits per heavy atom. The molecule has 3 aliphatic rings. The first-order valence-corrected chi connectivity index (χ1v) is 7.73. The Morgan fingerprint density at radius 1 is 1.15 bits per heavy atom. The van der Waals surface area contributed by atoms with Gasteiger partial charge in [0, 0.05) is 6.04 Å². The van der Waals surface area contributed by atoms with Crippen molar-refractivity contribution in [2.24, 2.45) is 23.7 Å². The van der Waals surface area contributed by atoms with E-state index in [2.05, 4.69) is 5.32 Å². The third-order valence-corrected chi connectivity index (χ3v) is 5.90. The van der Waals surface area contributed by atoms with E-state index in [-0.39, 0.29) is 5.56 Å². The van der Waals surface area contributed by atoms with E-state index >= 15 is 0 Å². The van der Waals surface area contributed by atoms with Crippen LogP contribution in [-0.2, 0) is 0 Å². The van der Waals surface area contributed by atoms with Crippen molar-refractivity contribution in [3.8, 4) is 6.07 Å². The number of hydrogen-bond donors (Lipinski definition) is 1. The third-order valence-electron chi connectivity index (χ3n) is 5.90. The van der Waals surface area contributed by atoms with Crippen LogP contribution >= 0.6 is 0 Å². The molecular weight excluding hydrogens is 251 g/mol. The number of anilines is 1. The van der Waals surface area contributed by atoms with E-state index in [0.717, 1.165) is 23.7 Å². The molecule has 3 saturated carbocycles. The summed E-state index contributed by atoms with van der Waals surface area (Å²) in [5.74, 6) is 3.03. The van der Waals surface area contributed by atoms with Crippen molar-refractivity contribution in [1.29, 1.82) is 5.26 Å². The molecule has 3 aliphatic carbocycles. The molecule has 0 aliphatic heterocycles. The first-order valence-electron chi connectivity index (χ1n) is 7.73. The molecule has 20 heavy (non-hydrogen) atoms.